The average Bonchev–Trinajstić information content (AvgIpc) is 3.50. The first-order valence-corrected chi connectivity index (χ1v) is 11.9. The van der Waals surface area contributed by atoms with Crippen LogP contribution in [0.3, 0.4) is 0 Å². The molecule has 34 heavy (non-hydrogen) atoms. The Morgan fingerprint density at radius 1 is 1.24 bits per heavy atom. The van der Waals surface area contributed by atoms with Crippen LogP contribution in [0.15, 0.2) is 11.4 Å². The standard InChI is InChI=1S/C19H17F3N8O2S2/c1-2-3-9-6-10-13(29-4-5-30-12(7-29)27-28-16(30)19(20,21)22)24-17(25-14(10)34-9)26-18-23-11(8-33-18)15(31)32/h6,8H,2-5,7H2,1H3,(H,31,32)(H,23,24,25,26). The van der Waals surface area contributed by atoms with Crippen LogP contribution in [0.1, 0.15) is 40.4 Å². The number of aromatic nitrogens is 6. The second-order valence-corrected chi connectivity index (χ2v) is 9.50. The predicted octanol–water partition coefficient (Wildman–Crippen LogP) is 4.17. The monoisotopic (exact) mass is 510 g/mol. The van der Waals surface area contributed by atoms with Gasteiger partial charge in [-0.25, -0.2) is 14.8 Å². The number of carboxylic acids is 1. The van der Waals surface area contributed by atoms with E-state index < -0.39 is 18.0 Å². The number of halogens is 3. The van der Waals surface area contributed by atoms with E-state index in [1.54, 1.807) is 0 Å². The zero-order valence-electron chi connectivity index (χ0n) is 17.6. The molecular formula is C19H17F3N8O2S2. The van der Waals surface area contributed by atoms with Gasteiger partial charge in [-0.15, -0.1) is 32.9 Å². The Morgan fingerprint density at radius 2 is 2.06 bits per heavy atom. The van der Waals surface area contributed by atoms with Crippen LogP contribution in [0.25, 0.3) is 10.2 Å². The molecule has 0 atom stereocenters. The number of hydrogen-bond donors (Lipinski definition) is 2. The zero-order chi connectivity index (χ0) is 24.0. The van der Waals surface area contributed by atoms with Crippen LogP contribution in [0, 0.1) is 0 Å². The first kappa shape index (κ1) is 22.5. The van der Waals surface area contributed by atoms with Gasteiger partial charge in [-0.1, -0.05) is 13.3 Å². The molecule has 0 bridgehead atoms. The molecule has 10 nitrogen and oxygen atoms in total. The molecule has 178 valence electrons. The lowest BCUT2D eigenvalue weighted by molar-refractivity contribution is -0.147. The summed E-state index contributed by atoms with van der Waals surface area (Å²) in [5, 5.41) is 21.7. The van der Waals surface area contributed by atoms with Crippen LogP contribution in [0.5, 0.6) is 0 Å². The largest absolute Gasteiger partial charge is 0.476 e. The zero-order valence-corrected chi connectivity index (χ0v) is 19.3. The number of alkyl halides is 3. The van der Waals surface area contributed by atoms with Gasteiger partial charge in [0.05, 0.1) is 11.9 Å². The van der Waals surface area contributed by atoms with Crippen molar-refractivity contribution in [1.82, 2.24) is 29.7 Å². The number of thiazole rings is 1. The molecule has 5 rings (SSSR count). The van der Waals surface area contributed by atoms with Gasteiger partial charge in [0.25, 0.3) is 0 Å². The molecule has 0 unspecified atom stereocenters. The summed E-state index contributed by atoms with van der Waals surface area (Å²) in [4.78, 5) is 28.0. The normalized spacial score (nSPS) is 13.9. The number of anilines is 3. The molecule has 0 radical (unpaired) electrons. The van der Waals surface area contributed by atoms with Gasteiger partial charge in [0.1, 0.15) is 10.6 Å². The highest BCUT2D eigenvalue weighted by Gasteiger charge is 2.39. The lowest BCUT2D eigenvalue weighted by Gasteiger charge is -2.29. The maximum Gasteiger partial charge on any atom is 0.451 e. The molecule has 4 aromatic rings. The van der Waals surface area contributed by atoms with E-state index in [1.165, 1.54) is 16.7 Å². The van der Waals surface area contributed by atoms with Crippen LogP contribution >= 0.6 is 22.7 Å². The van der Waals surface area contributed by atoms with Gasteiger partial charge in [0, 0.05) is 23.3 Å². The lowest BCUT2D eigenvalue weighted by atomic mass is 10.2. The van der Waals surface area contributed by atoms with Crippen molar-refractivity contribution in [1.29, 1.82) is 0 Å². The second kappa shape index (κ2) is 8.47. The van der Waals surface area contributed by atoms with Crippen molar-refractivity contribution in [3.8, 4) is 0 Å². The third-order valence-electron chi connectivity index (χ3n) is 5.17. The molecule has 5 heterocycles. The summed E-state index contributed by atoms with van der Waals surface area (Å²) in [7, 11) is 0. The van der Waals surface area contributed by atoms with Gasteiger partial charge in [-0.2, -0.15) is 18.2 Å². The predicted molar refractivity (Wildman–Crippen MR) is 120 cm³/mol. The molecule has 0 aliphatic carbocycles. The van der Waals surface area contributed by atoms with Gasteiger partial charge in [-0.05, 0) is 12.5 Å². The number of nitrogens with zero attached hydrogens (tertiary/aromatic N) is 7. The van der Waals surface area contributed by atoms with E-state index >= 15 is 0 Å². The van der Waals surface area contributed by atoms with E-state index in [0.29, 0.717) is 15.8 Å². The van der Waals surface area contributed by atoms with Crippen LogP contribution < -0.4 is 10.2 Å². The molecule has 2 N–H and O–H groups in total. The van der Waals surface area contributed by atoms with E-state index in [-0.39, 0.29) is 37.1 Å². The fourth-order valence-electron chi connectivity index (χ4n) is 3.70. The van der Waals surface area contributed by atoms with Crippen LogP contribution in [-0.4, -0.2) is 47.3 Å². The minimum Gasteiger partial charge on any atom is -0.476 e. The molecule has 0 fully saturated rings. The van der Waals surface area contributed by atoms with Crippen molar-refractivity contribution in [2.45, 2.75) is 39.0 Å². The highest BCUT2D eigenvalue weighted by Crippen LogP contribution is 2.36. The van der Waals surface area contributed by atoms with Crippen molar-refractivity contribution in [2.75, 3.05) is 16.8 Å². The Morgan fingerprint density at radius 3 is 2.76 bits per heavy atom. The van der Waals surface area contributed by atoms with E-state index in [4.69, 9.17) is 5.11 Å². The fourth-order valence-corrected chi connectivity index (χ4v) is 5.50. The van der Waals surface area contributed by atoms with Crippen molar-refractivity contribution >= 4 is 55.8 Å². The summed E-state index contributed by atoms with van der Waals surface area (Å²) in [5.74, 6) is -1.16. The van der Waals surface area contributed by atoms with Gasteiger partial charge in [0.15, 0.2) is 16.6 Å². The second-order valence-electron chi connectivity index (χ2n) is 7.53. The Balaban J connectivity index is 1.52. The van der Waals surface area contributed by atoms with E-state index in [0.717, 1.165) is 39.0 Å². The summed E-state index contributed by atoms with van der Waals surface area (Å²) in [5.41, 5.74) is -0.0917. The highest BCUT2D eigenvalue weighted by atomic mass is 32.1. The number of thiophene rings is 1. The molecule has 0 spiro atoms. The molecule has 15 heteroatoms. The van der Waals surface area contributed by atoms with Crippen LogP contribution in [0.2, 0.25) is 0 Å². The fraction of sp³-hybridized carbons (Fsp3) is 0.368. The quantitative estimate of drug-likeness (QED) is 0.393. The van der Waals surface area contributed by atoms with E-state index in [1.807, 2.05) is 11.0 Å². The van der Waals surface area contributed by atoms with Gasteiger partial charge in [0.2, 0.25) is 11.8 Å². The minimum absolute atomic E-state index is 0.0614. The van der Waals surface area contributed by atoms with Crippen LogP contribution in [0.4, 0.5) is 30.1 Å². The Hall–Kier alpha value is -3.33. The van der Waals surface area contributed by atoms with Crippen molar-refractivity contribution < 1.29 is 23.1 Å². The molecular weight excluding hydrogens is 493 g/mol. The summed E-state index contributed by atoms with van der Waals surface area (Å²) in [6.45, 7) is 2.51. The number of carbonyl (C=O) groups is 1. The van der Waals surface area contributed by atoms with Gasteiger partial charge < -0.3 is 14.6 Å². The third kappa shape index (κ3) is 4.16. The van der Waals surface area contributed by atoms with Gasteiger partial charge in [-0.3, -0.25) is 5.32 Å². The Bertz CT molecular complexity index is 1380. The molecule has 0 saturated heterocycles. The number of aromatic carboxylic acids is 1. The lowest BCUT2D eigenvalue weighted by Crippen LogP contribution is -2.36. The molecule has 0 saturated carbocycles. The highest BCUT2D eigenvalue weighted by molar-refractivity contribution is 7.18. The molecule has 1 aliphatic rings. The van der Waals surface area contributed by atoms with Crippen molar-refractivity contribution in [2.24, 2.45) is 0 Å². The SMILES string of the molecule is CCCc1cc2c(N3CCn4c(nnc4C(F)(F)F)C3)nc(Nc3nc(C(=O)O)cs3)nc2s1. The molecule has 0 aromatic carbocycles. The number of nitrogens with one attached hydrogen (secondary N) is 1. The summed E-state index contributed by atoms with van der Waals surface area (Å²) >= 11 is 2.62. The van der Waals surface area contributed by atoms with Crippen molar-refractivity contribution in [3.05, 3.63) is 33.7 Å². The van der Waals surface area contributed by atoms with Crippen LogP contribution in [-0.2, 0) is 25.7 Å². The number of fused-ring (bicyclic) bond motifs is 2. The number of carboxylic acid groups (broad SMARTS) is 1. The maximum atomic E-state index is 13.2. The first-order chi connectivity index (χ1) is 16.2. The van der Waals surface area contributed by atoms with Gasteiger partial charge >= 0.3 is 12.1 Å². The minimum atomic E-state index is -4.57. The number of hydrogen-bond acceptors (Lipinski definition) is 10. The summed E-state index contributed by atoms with van der Waals surface area (Å²) in [6, 6.07) is 2.01. The smallest absolute Gasteiger partial charge is 0.451 e. The molecule has 0 amide bonds. The van der Waals surface area contributed by atoms with E-state index in [2.05, 4.69) is 37.4 Å². The Labute approximate surface area is 198 Å². The first-order valence-electron chi connectivity index (χ1n) is 10.2. The van der Waals surface area contributed by atoms with Crippen molar-refractivity contribution in [3.63, 3.8) is 0 Å². The molecule has 4 aromatic heterocycles. The summed E-state index contributed by atoms with van der Waals surface area (Å²) < 4.78 is 40.7. The third-order valence-corrected chi connectivity index (χ3v) is 7.01. The topological polar surface area (TPSA) is 122 Å². The Kier molecular flexibility index (Phi) is 5.59. The number of rotatable bonds is 6. The van der Waals surface area contributed by atoms with E-state index in [9.17, 15) is 18.0 Å². The number of aryl methyl sites for hydroxylation is 1. The molecule has 1 aliphatic heterocycles. The summed E-state index contributed by atoms with van der Waals surface area (Å²) in [6.07, 6.45) is -2.76. The average molecular weight is 511 g/mol. The maximum absolute atomic E-state index is 13.2.